The summed E-state index contributed by atoms with van der Waals surface area (Å²) in [7, 11) is 1.53. The molecule has 2 heterocycles. The third kappa shape index (κ3) is 2.66. The molecule has 1 aromatic carbocycles. The second-order valence-corrected chi connectivity index (χ2v) is 4.71. The maximum atomic E-state index is 5.60. The van der Waals surface area contributed by atoms with Gasteiger partial charge in [0.15, 0.2) is 0 Å². The van der Waals surface area contributed by atoms with Gasteiger partial charge in [-0.1, -0.05) is 35.4 Å². The van der Waals surface area contributed by atoms with E-state index in [9.17, 15) is 0 Å². The van der Waals surface area contributed by atoms with Crippen molar-refractivity contribution in [2.45, 2.75) is 6.04 Å². The van der Waals surface area contributed by atoms with Gasteiger partial charge in [0.1, 0.15) is 6.04 Å². The van der Waals surface area contributed by atoms with Crippen LogP contribution in [-0.4, -0.2) is 48.4 Å². The van der Waals surface area contributed by atoms with Crippen LogP contribution in [0, 0.1) is 0 Å². The summed E-state index contributed by atoms with van der Waals surface area (Å²) in [5.74, 6) is 0.579. The standard InChI is InChI=1S/C14H18N4O2/c1-19-14-17-16-13(20-14)12(11-5-3-2-4-6-11)18-9-7-15-8-10-18/h2-6,12,15H,7-10H2,1H3. The van der Waals surface area contributed by atoms with Gasteiger partial charge in [-0.3, -0.25) is 4.90 Å². The monoisotopic (exact) mass is 274 g/mol. The summed E-state index contributed by atoms with van der Waals surface area (Å²) in [6, 6.07) is 10.2. The van der Waals surface area contributed by atoms with E-state index in [-0.39, 0.29) is 12.1 Å². The summed E-state index contributed by atoms with van der Waals surface area (Å²) >= 11 is 0. The van der Waals surface area contributed by atoms with Crippen LogP contribution in [0.4, 0.5) is 0 Å². The number of nitrogens with zero attached hydrogens (tertiary/aromatic N) is 3. The average molecular weight is 274 g/mol. The van der Waals surface area contributed by atoms with Crippen molar-refractivity contribution in [2.75, 3.05) is 33.3 Å². The van der Waals surface area contributed by atoms with E-state index in [1.54, 1.807) is 0 Å². The molecule has 0 aliphatic carbocycles. The first-order valence-corrected chi connectivity index (χ1v) is 6.75. The number of rotatable bonds is 4. The highest BCUT2D eigenvalue weighted by atomic mass is 16.6. The number of benzene rings is 1. The van der Waals surface area contributed by atoms with Crippen LogP contribution in [0.1, 0.15) is 17.5 Å². The summed E-state index contributed by atoms with van der Waals surface area (Å²) in [4.78, 5) is 2.35. The van der Waals surface area contributed by atoms with Crippen molar-refractivity contribution in [3.63, 3.8) is 0 Å². The van der Waals surface area contributed by atoms with Crippen molar-refractivity contribution in [3.8, 4) is 6.08 Å². The molecule has 106 valence electrons. The Morgan fingerprint density at radius 1 is 1.20 bits per heavy atom. The predicted molar refractivity (Wildman–Crippen MR) is 73.6 cm³/mol. The highest BCUT2D eigenvalue weighted by molar-refractivity contribution is 5.24. The molecule has 0 spiro atoms. The predicted octanol–water partition coefficient (Wildman–Crippen LogP) is 1.07. The van der Waals surface area contributed by atoms with Crippen molar-refractivity contribution < 1.29 is 9.15 Å². The summed E-state index contributed by atoms with van der Waals surface area (Å²) in [6.45, 7) is 3.83. The maximum absolute atomic E-state index is 5.60. The molecule has 3 rings (SSSR count). The van der Waals surface area contributed by atoms with Gasteiger partial charge in [0, 0.05) is 26.2 Å². The van der Waals surface area contributed by atoms with Crippen LogP contribution >= 0.6 is 0 Å². The summed E-state index contributed by atoms with van der Waals surface area (Å²) < 4.78 is 10.6. The fourth-order valence-electron chi connectivity index (χ4n) is 2.50. The lowest BCUT2D eigenvalue weighted by molar-refractivity contribution is 0.168. The van der Waals surface area contributed by atoms with Crippen LogP contribution in [0.3, 0.4) is 0 Å². The molecule has 1 atom stereocenters. The fraction of sp³-hybridized carbons (Fsp3) is 0.429. The molecule has 6 nitrogen and oxygen atoms in total. The van der Waals surface area contributed by atoms with Gasteiger partial charge in [-0.15, -0.1) is 5.10 Å². The van der Waals surface area contributed by atoms with Gasteiger partial charge in [0.05, 0.1) is 7.11 Å². The highest BCUT2D eigenvalue weighted by Gasteiger charge is 2.28. The van der Waals surface area contributed by atoms with Crippen molar-refractivity contribution in [2.24, 2.45) is 0 Å². The second kappa shape index (κ2) is 6.02. The topological polar surface area (TPSA) is 63.4 Å². The lowest BCUT2D eigenvalue weighted by atomic mass is 10.0. The first-order valence-electron chi connectivity index (χ1n) is 6.75. The molecule has 0 radical (unpaired) electrons. The normalized spacial score (nSPS) is 17.9. The SMILES string of the molecule is COc1nnc(C(c2ccccc2)N2CCNCC2)o1. The minimum absolute atomic E-state index is 0.0188. The number of ether oxygens (including phenoxy) is 1. The molecule has 1 aliphatic heterocycles. The zero-order valence-electron chi connectivity index (χ0n) is 11.5. The van der Waals surface area contributed by atoms with Crippen LogP contribution in [0.5, 0.6) is 6.08 Å². The molecule has 20 heavy (non-hydrogen) atoms. The highest BCUT2D eigenvalue weighted by Crippen LogP contribution is 2.29. The Balaban J connectivity index is 1.94. The van der Waals surface area contributed by atoms with Gasteiger partial charge >= 0.3 is 6.08 Å². The van der Waals surface area contributed by atoms with Gasteiger partial charge in [-0.25, -0.2) is 0 Å². The molecule has 1 aliphatic rings. The van der Waals surface area contributed by atoms with Gasteiger partial charge in [0.25, 0.3) is 0 Å². The van der Waals surface area contributed by atoms with Crippen LogP contribution in [0.25, 0.3) is 0 Å². The lowest BCUT2D eigenvalue weighted by Gasteiger charge is -2.33. The number of nitrogens with one attached hydrogen (secondary N) is 1. The van der Waals surface area contributed by atoms with Gasteiger partial charge in [-0.2, -0.15) is 0 Å². The Hall–Kier alpha value is -1.92. The van der Waals surface area contributed by atoms with Crippen LogP contribution in [-0.2, 0) is 0 Å². The maximum Gasteiger partial charge on any atom is 0.414 e. The molecule has 6 heteroatoms. The summed E-state index contributed by atoms with van der Waals surface area (Å²) in [5.41, 5.74) is 1.15. The van der Waals surface area contributed by atoms with Crippen molar-refractivity contribution >= 4 is 0 Å². The van der Waals surface area contributed by atoms with Crippen LogP contribution < -0.4 is 10.1 Å². The summed E-state index contributed by atoms with van der Waals surface area (Å²) in [5, 5.41) is 11.4. The molecular weight excluding hydrogens is 256 g/mol. The molecule has 1 saturated heterocycles. The van der Waals surface area contributed by atoms with E-state index >= 15 is 0 Å². The van der Waals surface area contributed by atoms with E-state index < -0.39 is 0 Å². The van der Waals surface area contributed by atoms with E-state index in [1.807, 2.05) is 18.2 Å². The zero-order chi connectivity index (χ0) is 13.8. The van der Waals surface area contributed by atoms with Crippen molar-refractivity contribution in [1.29, 1.82) is 0 Å². The first-order chi connectivity index (χ1) is 9.88. The lowest BCUT2D eigenvalue weighted by Crippen LogP contribution is -2.45. The molecular formula is C14H18N4O2. The second-order valence-electron chi connectivity index (χ2n) is 4.71. The largest absolute Gasteiger partial charge is 0.452 e. The minimum Gasteiger partial charge on any atom is -0.452 e. The molecule has 0 amide bonds. The molecule has 2 aromatic rings. The molecule has 1 N–H and O–H groups in total. The number of aromatic nitrogens is 2. The molecule has 1 aromatic heterocycles. The molecule has 0 bridgehead atoms. The minimum atomic E-state index is -0.0188. The van der Waals surface area contributed by atoms with Crippen LogP contribution in [0.2, 0.25) is 0 Å². The third-order valence-corrected chi connectivity index (χ3v) is 3.46. The average Bonchev–Trinajstić information content (AvgIpc) is 2.98. The Kier molecular flexibility index (Phi) is 3.94. The number of hydrogen-bond acceptors (Lipinski definition) is 6. The summed E-state index contributed by atoms with van der Waals surface area (Å²) in [6.07, 6.45) is 0.205. The first kappa shape index (κ1) is 13.1. The Labute approximate surface area is 117 Å². The number of methoxy groups -OCH3 is 1. The Bertz CT molecular complexity index is 537. The van der Waals surface area contributed by atoms with E-state index in [0.29, 0.717) is 5.89 Å². The van der Waals surface area contributed by atoms with E-state index in [1.165, 1.54) is 7.11 Å². The van der Waals surface area contributed by atoms with Gasteiger partial charge in [-0.05, 0) is 5.56 Å². The molecule has 1 unspecified atom stereocenters. The van der Waals surface area contributed by atoms with Crippen LogP contribution in [0.15, 0.2) is 34.7 Å². The smallest absolute Gasteiger partial charge is 0.414 e. The zero-order valence-corrected chi connectivity index (χ0v) is 11.5. The quantitative estimate of drug-likeness (QED) is 0.900. The van der Waals surface area contributed by atoms with Gasteiger partial charge < -0.3 is 14.5 Å². The van der Waals surface area contributed by atoms with E-state index in [4.69, 9.17) is 9.15 Å². The van der Waals surface area contributed by atoms with Gasteiger partial charge in [0.2, 0.25) is 5.89 Å². The fourth-order valence-corrected chi connectivity index (χ4v) is 2.50. The Morgan fingerprint density at radius 3 is 2.60 bits per heavy atom. The van der Waals surface area contributed by atoms with E-state index in [0.717, 1.165) is 31.7 Å². The number of piperazine rings is 1. The molecule has 0 saturated carbocycles. The number of hydrogen-bond donors (Lipinski definition) is 1. The van der Waals surface area contributed by atoms with Crippen molar-refractivity contribution in [1.82, 2.24) is 20.4 Å². The van der Waals surface area contributed by atoms with Crippen molar-refractivity contribution in [3.05, 3.63) is 41.8 Å². The molecule has 1 fully saturated rings. The Morgan fingerprint density at radius 2 is 1.95 bits per heavy atom. The third-order valence-electron chi connectivity index (χ3n) is 3.46. The van der Waals surface area contributed by atoms with E-state index in [2.05, 4.69) is 32.5 Å².